The minimum Gasteiger partial charge on any atom is -0.480 e. The van der Waals surface area contributed by atoms with Gasteiger partial charge in [-0.05, 0) is 13.0 Å². The molecule has 1 N–H and O–H groups in total. The Morgan fingerprint density at radius 3 is 2.85 bits per heavy atom. The van der Waals surface area contributed by atoms with Crippen LogP contribution in [0, 0.1) is 0 Å². The van der Waals surface area contributed by atoms with Crippen LogP contribution in [0.4, 0.5) is 5.82 Å². The predicted octanol–water partition coefficient (Wildman–Crippen LogP) is 2.12. The number of nitrogens with one attached hydrogen (secondary N) is 1. The molecule has 0 aromatic carbocycles. The number of fused-ring (bicyclic) bond motifs is 1. The second-order valence-corrected chi connectivity index (χ2v) is 5.29. The number of hydrogen-bond acceptors (Lipinski definition) is 7. The molecule has 1 aliphatic rings. The SMILES string of the molecule is CCNc1nc(-c2ccc(OC)nn2)nc2c1CSC2. The minimum absolute atomic E-state index is 0.484. The van der Waals surface area contributed by atoms with E-state index in [0.29, 0.717) is 17.4 Å². The summed E-state index contributed by atoms with van der Waals surface area (Å²) < 4.78 is 5.01. The monoisotopic (exact) mass is 289 g/mol. The smallest absolute Gasteiger partial charge is 0.233 e. The van der Waals surface area contributed by atoms with Crippen molar-refractivity contribution in [3.63, 3.8) is 0 Å². The van der Waals surface area contributed by atoms with E-state index in [1.165, 1.54) is 5.56 Å². The molecule has 0 spiro atoms. The van der Waals surface area contributed by atoms with Crippen LogP contribution < -0.4 is 10.1 Å². The molecule has 6 nitrogen and oxygen atoms in total. The molecule has 3 rings (SSSR count). The third-order valence-electron chi connectivity index (χ3n) is 3.00. The molecule has 0 saturated carbocycles. The molecule has 0 amide bonds. The Bertz CT molecular complexity index is 617. The Balaban J connectivity index is 2.02. The van der Waals surface area contributed by atoms with Crippen LogP contribution in [-0.2, 0) is 11.5 Å². The van der Waals surface area contributed by atoms with Crippen molar-refractivity contribution in [2.75, 3.05) is 19.0 Å². The van der Waals surface area contributed by atoms with E-state index in [4.69, 9.17) is 4.74 Å². The van der Waals surface area contributed by atoms with Gasteiger partial charge in [-0.15, -0.1) is 10.2 Å². The normalized spacial score (nSPS) is 13.1. The first-order valence-corrected chi connectivity index (χ1v) is 7.56. The lowest BCUT2D eigenvalue weighted by molar-refractivity contribution is 0.392. The number of anilines is 1. The van der Waals surface area contributed by atoms with E-state index in [2.05, 4.69) is 32.4 Å². The molecule has 0 saturated heterocycles. The number of thioether (sulfide) groups is 1. The number of methoxy groups -OCH3 is 1. The van der Waals surface area contributed by atoms with Gasteiger partial charge in [-0.2, -0.15) is 11.8 Å². The molecule has 3 heterocycles. The molecule has 0 fully saturated rings. The first-order chi connectivity index (χ1) is 9.81. The average molecular weight is 289 g/mol. The summed E-state index contributed by atoms with van der Waals surface area (Å²) in [6, 6.07) is 3.59. The van der Waals surface area contributed by atoms with Gasteiger partial charge >= 0.3 is 0 Å². The van der Waals surface area contributed by atoms with Crippen molar-refractivity contribution in [2.45, 2.75) is 18.4 Å². The van der Waals surface area contributed by atoms with Crippen LogP contribution in [0.2, 0.25) is 0 Å². The number of hydrogen-bond donors (Lipinski definition) is 1. The molecule has 104 valence electrons. The van der Waals surface area contributed by atoms with Crippen LogP contribution in [0.5, 0.6) is 5.88 Å². The van der Waals surface area contributed by atoms with Gasteiger partial charge in [0.25, 0.3) is 0 Å². The minimum atomic E-state index is 0.484. The summed E-state index contributed by atoms with van der Waals surface area (Å²) >= 11 is 1.85. The summed E-state index contributed by atoms with van der Waals surface area (Å²) in [5.74, 6) is 3.89. The third kappa shape index (κ3) is 2.40. The zero-order valence-corrected chi connectivity index (χ0v) is 12.2. The molecular weight excluding hydrogens is 274 g/mol. The Labute approximate surface area is 121 Å². The van der Waals surface area contributed by atoms with Crippen molar-refractivity contribution in [1.29, 1.82) is 0 Å². The van der Waals surface area contributed by atoms with Gasteiger partial charge in [0, 0.05) is 29.7 Å². The first-order valence-electron chi connectivity index (χ1n) is 6.41. The fourth-order valence-corrected chi connectivity index (χ4v) is 3.07. The molecule has 0 radical (unpaired) electrons. The molecule has 0 atom stereocenters. The topological polar surface area (TPSA) is 72.8 Å². The summed E-state index contributed by atoms with van der Waals surface area (Å²) in [6.45, 7) is 2.89. The highest BCUT2D eigenvalue weighted by atomic mass is 32.2. The highest BCUT2D eigenvalue weighted by molar-refractivity contribution is 7.98. The number of ether oxygens (including phenoxy) is 1. The van der Waals surface area contributed by atoms with Crippen LogP contribution in [0.1, 0.15) is 18.2 Å². The maximum absolute atomic E-state index is 5.01. The van der Waals surface area contributed by atoms with Crippen molar-refractivity contribution >= 4 is 17.6 Å². The molecule has 2 aromatic heterocycles. The number of aromatic nitrogens is 4. The fraction of sp³-hybridized carbons (Fsp3) is 0.385. The van der Waals surface area contributed by atoms with Gasteiger partial charge in [0.05, 0.1) is 12.8 Å². The third-order valence-corrected chi connectivity index (χ3v) is 3.97. The molecule has 0 bridgehead atoms. The van der Waals surface area contributed by atoms with Gasteiger partial charge in [-0.25, -0.2) is 9.97 Å². The maximum Gasteiger partial charge on any atom is 0.233 e. The molecule has 0 aliphatic carbocycles. The zero-order chi connectivity index (χ0) is 13.9. The molecule has 2 aromatic rings. The summed E-state index contributed by atoms with van der Waals surface area (Å²) in [5, 5.41) is 11.4. The lowest BCUT2D eigenvalue weighted by Gasteiger charge is -2.10. The van der Waals surface area contributed by atoms with Crippen molar-refractivity contribution < 1.29 is 4.74 Å². The summed E-state index contributed by atoms with van der Waals surface area (Å²) in [4.78, 5) is 9.19. The summed E-state index contributed by atoms with van der Waals surface area (Å²) in [7, 11) is 1.57. The Morgan fingerprint density at radius 2 is 2.15 bits per heavy atom. The lowest BCUT2D eigenvalue weighted by Crippen LogP contribution is -2.07. The highest BCUT2D eigenvalue weighted by Gasteiger charge is 2.20. The lowest BCUT2D eigenvalue weighted by atomic mass is 10.2. The first kappa shape index (κ1) is 13.1. The van der Waals surface area contributed by atoms with Crippen molar-refractivity contribution in [3.8, 4) is 17.4 Å². The Hall–Kier alpha value is -1.89. The Kier molecular flexibility index (Phi) is 3.68. The van der Waals surface area contributed by atoms with Gasteiger partial charge in [0.1, 0.15) is 11.5 Å². The zero-order valence-electron chi connectivity index (χ0n) is 11.4. The second kappa shape index (κ2) is 5.62. The van der Waals surface area contributed by atoms with Gasteiger partial charge in [0.15, 0.2) is 5.82 Å². The standard InChI is InChI=1S/C13H15N5OS/c1-3-14-12-8-6-20-7-10(8)15-13(16-12)9-4-5-11(19-2)18-17-9/h4-5H,3,6-7H2,1-2H3,(H,14,15,16). The quantitative estimate of drug-likeness (QED) is 0.924. The fourth-order valence-electron chi connectivity index (χ4n) is 2.03. The van der Waals surface area contributed by atoms with Crippen LogP contribution in [0.25, 0.3) is 11.5 Å². The van der Waals surface area contributed by atoms with Gasteiger partial charge < -0.3 is 10.1 Å². The summed E-state index contributed by atoms with van der Waals surface area (Å²) in [5.41, 5.74) is 2.96. The highest BCUT2D eigenvalue weighted by Crippen LogP contribution is 2.34. The Morgan fingerprint density at radius 1 is 1.25 bits per heavy atom. The van der Waals surface area contributed by atoms with Crippen LogP contribution >= 0.6 is 11.8 Å². The molecule has 0 unspecified atom stereocenters. The second-order valence-electron chi connectivity index (χ2n) is 4.31. The van der Waals surface area contributed by atoms with E-state index in [1.807, 2.05) is 17.8 Å². The summed E-state index contributed by atoms with van der Waals surface area (Å²) in [6.07, 6.45) is 0. The van der Waals surface area contributed by atoms with Gasteiger partial charge in [0.2, 0.25) is 5.88 Å². The molecule has 7 heteroatoms. The van der Waals surface area contributed by atoms with Gasteiger partial charge in [-0.1, -0.05) is 0 Å². The number of nitrogens with zero attached hydrogens (tertiary/aromatic N) is 4. The largest absolute Gasteiger partial charge is 0.480 e. The molecule has 1 aliphatic heterocycles. The van der Waals surface area contributed by atoms with Crippen molar-refractivity contribution in [1.82, 2.24) is 20.2 Å². The van der Waals surface area contributed by atoms with Crippen LogP contribution in [-0.4, -0.2) is 33.8 Å². The molecule has 20 heavy (non-hydrogen) atoms. The number of rotatable bonds is 4. The predicted molar refractivity (Wildman–Crippen MR) is 78.8 cm³/mol. The van der Waals surface area contributed by atoms with Crippen molar-refractivity contribution in [3.05, 3.63) is 23.4 Å². The van der Waals surface area contributed by atoms with E-state index in [-0.39, 0.29) is 0 Å². The molecular formula is C13H15N5OS. The van der Waals surface area contributed by atoms with E-state index in [1.54, 1.807) is 13.2 Å². The van der Waals surface area contributed by atoms with E-state index in [0.717, 1.165) is 29.6 Å². The maximum atomic E-state index is 5.01. The van der Waals surface area contributed by atoms with E-state index >= 15 is 0 Å². The van der Waals surface area contributed by atoms with E-state index < -0.39 is 0 Å². The van der Waals surface area contributed by atoms with Crippen LogP contribution in [0.3, 0.4) is 0 Å². The van der Waals surface area contributed by atoms with E-state index in [9.17, 15) is 0 Å². The van der Waals surface area contributed by atoms with Crippen LogP contribution in [0.15, 0.2) is 12.1 Å². The van der Waals surface area contributed by atoms with Gasteiger partial charge in [-0.3, -0.25) is 0 Å². The van der Waals surface area contributed by atoms with Crippen molar-refractivity contribution in [2.24, 2.45) is 0 Å². The average Bonchev–Trinajstić information content (AvgIpc) is 2.96.